The molecule has 0 aliphatic rings. The van der Waals surface area contributed by atoms with Crippen LogP contribution < -0.4 is 21.3 Å². The molecule has 2 heterocycles. The van der Waals surface area contributed by atoms with Crippen LogP contribution in [-0.2, 0) is 6.54 Å². The number of amides is 1. The number of ether oxygens (including phenoxy) is 1. The zero-order valence-electron chi connectivity index (χ0n) is 11.0. The molecule has 7 heteroatoms. The third kappa shape index (κ3) is 3.42. The Morgan fingerprint density at radius 2 is 2.25 bits per heavy atom. The number of nitrogens with two attached hydrogens (primary N) is 1. The lowest BCUT2D eigenvalue weighted by Gasteiger charge is -2.07. The maximum absolute atomic E-state index is 12.0. The highest BCUT2D eigenvalue weighted by Gasteiger charge is 2.07. The van der Waals surface area contributed by atoms with Gasteiger partial charge in [0.1, 0.15) is 11.5 Å². The van der Waals surface area contributed by atoms with Crippen LogP contribution in [0.3, 0.4) is 0 Å². The van der Waals surface area contributed by atoms with Gasteiger partial charge in [-0.1, -0.05) is 6.07 Å². The van der Waals surface area contributed by atoms with Gasteiger partial charge in [0.15, 0.2) is 0 Å². The second kappa shape index (κ2) is 6.48. The summed E-state index contributed by atoms with van der Waals surface area (Å²) in [6, 6.07) is 8.54. The van der Waals surface area contributed by atoms with Gasteiger partial charge in [-0.2, -0.15) is 0 Å². The summed E-state index contributed by atoms with van der Waals surface area (Å²) in [4.78, 5) is 20.0. The maximum Gasteiger partial charge on any atom is 0.270 e. The molecule has 0 saturated carbocycles. The summed E-state index contributed by atoms with van der Waals surface area (Å²) >= 11 is 0. The molecule has 104 valence electrons. The molecule has 0 aliphatic carbocycles. The number of hydrazine groups is 1. The van der Waals surface area contributed by atoms with E-state index in [0.717, 1.165) is 5.56 Å². The minimum atomic E-state index is -0.280. The summed E-state index contributed by atoms with van der Waals surface area (Å²) in [6.07, 6.45) is 1.62. The van der Waals surface area contributed by atoms with Crippen LogP contribution in [0.25, 0.3) is 0 Å². The van der Waals surface area contributed by atoms with Gasteiger partial charge in [-0.3, -0.25) is 4.79 Å². The minimum Gasteiger partial charge on any atom is -0.481 e. The monoisotopic (exact) mass is 273 g/mol. The van der Waals surface area contributed by atoms with Gasteiger partial charge < -0.3 is 15.5 Å². The van der Waals surface area contributed by atoms with E-state index in [1.807, 2.05) is 0 Å². The van der Waals surface area contributed by atoms with E-state index < -0.39 is 0 Å². The summed E-state index contributed by atoms with van der Waals surface area (Å²) in [5.41, 5.74) is 3.58. The van der Waals surface area contributed by atoms with Gasteiger partial charge in [0, 0.05) is 18.8 Å². The molecule has 0 radical (unpaired) electrons. The van der Waals surface area contributed by atoms with Crippen molar-refractivity contribution >= 4 is 11.7 Å². The van der Waals surface area contributed by atoms with Crippen molar-refractivity contribution in [3.05, 3.63) is 47.8 Å². The van der Waals surface area contributed by atoms with E-state index in [2.05, 4.69) is 20.7 Å². The van der Waals surface area contributed by atoms with Gasteiger partial charge in [-0.25, -0.2) is 15.8 Å². The molecule has 2 aromatic heterocycles. The number of hydrogen-bond acceptors (Lipinski definition) is 6. The lowest BCUT2D eigenvalue weighted by atomic mass is 10.2. The third-order valence-corrected chi connectivity index (χ3v) is 2.59. The van der Waals surface area contributed by atoms with E-state index >= 15 is 0 Å². The lowest BCUT2D eigenvalue weighted by molar-refractivity contribution is 0.0946. The molecule has 0 fully saturated rings. The number of pyridine rings is 2. The SMILES string of the molecule is COc1cc(CNC(=O)c2cccc(NN)n2)ccn1. The van der Waals surface area contributed by atoms with E-state index in [-0.39, 0.29) is 5.91 Å². The fourth-order valence-corrected chi connectivity index (χ4v) is 1.59. The molecule has 0 atom stereocenters. The first-order valence-corrected chi connectivity index (χ1v) is 5.93. The van der Waals surface area contributed by atoms with E-state index in [1.54, 1.807) is 43.6 Å². The first kappa shape index (κ1) is 13.8. The van der Waals surface area contributed by atoms with E-state index in [1.165, 1.54) is 0 Å². The number of hydrogen-bond donors (Lipinski definition) is 3. The molecule has 1 amide bonds. The Kier molecular flexibility index (Phi) is 4.46. The quantitative estimate of drug-likeness (QED) is 0.547. The van der Waals surface area contributed by atoms with Crippen molar-refractivity contribution in [2.45, 2.75) is 6.54 Å². The van der Waals surface area contributed by atoms with Gasteiger partial charge >= 0.3 is 0 Å². The zero-order chi connectivity index (χ0) is 14.4. The first-order chi connectivity index (χ1) is 9.72. The topological polar surface area (TPSA) is 102 Å². The van der Waals surface area contributed by atoms with Crippen LogP contribution in [0, 0.1) is 0 Å². The minimum absolute atomic E-state index is 0.280. The third-order valence-electron chi connectivity index (χ3n) is 2.59. The van der Waals surface area contributed by atoms with Crippen LogP contribution in [-0.4, -0.2) is 23.0 Å². The molecular formula is C13H15N5O2. The van der Waals surface area contributed by atoms with E-state index in [0.29, 0.717) is 23.9 Å². The maximum atomic E-state index is 12.0. The molecule has 0 aliphatic heterocycles. The largest absolute Gasteiger partial charge is 0.481 e. The fourth-order valence-electron chi connectivity index (χ4n) is 1.59. The Morgan fingerprint density at radius 3 is 3.00 bits per heavy atom. The van der Waals surface area contributed by atoms with Crippen molar-refractivity contribution in [1.29, 1.82) is 0 Å². The van der Waals surface area contributed by atoms with E-state index in [9.17, 15) is 4.79 Å². The number of nitrogen functional groups attached to an aromatic ring is 1. The van der Waals surface area contributed by atoms with Crippen LogP contribution in [0.1, 0.15) is 16.1 Å². The Labute approximate surface area is 116 Å². The summed E-state index contributed by atoms with van der Waals surface area (Å²) in [6.45, 7) is 0.361. The predicted molar refractivity (Wildman–Crippen MR) is 74.0 cm³/mol. The van der Waals surface area contributed by atoms with Crippen molar-refractivity contribution in [1.82, 2.24) is 15.3 Å². The number of nitrogens with zero attached hydrogens (tertiary/aromatic N) is 2. The van der Waals surface area contributed by atoms with Crippen molar-refractivity contribution in [2.24, 2.45) is 5.84 Å². The number of rotatable bonds is 5. The first-order valence-electron chi connectivity index (χ1n) is 5.93. The highest BCUT2D eigenvalue weighted by atomic mass is 16.5. The second-order valence-corrected chi connectivity index (χ2v) is 3.94. The number of anilines is 1. The van der Waals surface area contributed by atoms with Gasteiger partial charge in [0.2, 0.25) is 5.88 Å². The summed E-state index contributed by atoms with van der Waals surface area (Å²) in [5, 5.41) is 2.76. The Morgan fingerprint density at radius 1 is 1.40 bits per heavy atom. The Balaban J connectivity index is 2.00. The molecule has 0 saturated heterocycles. The molecule has 4 N–H and O–H groups in total. The smallest absolute Gasteiger partial charge is 0.270 e. The molecule has 0 unspecified atom stereocenters. The van der Waals surface area contributed by atoms with Crippen molar-refractivity contribution in [3.8, 4) is 5.88 Å². The van der Waals surface area contributed by atoms with Crippen LogP contribution in [0.5, 0.6) is 5.88 Å². The number of nitrogens with one attached hydrogen (secondary N) is 2. The van der Waals surface area contributed by atoms with E-state index in [4.69, 9.17) is 10.6 Å². The average molecular weight is 273 g/mol. The van der Waals surface area contributed by atoms with Crippen LogP contribution in [0.2, 0.25) is 0 Å². The average Bonchev–Trinajstić information content (AvgIpc) is 2.52. The second-order valence-electron chi connectivity index (χ2n) is 3.94. The van der Waals surface area contributed by atoms with Crippen LogP contribution in [0.15, 0.2) is 36.5 Å². The van der Waals surface area contributed by atoms with Gasteiger partial charge in [0.25, 0.3) is 5.91 Å². The molecule has 7 nitrogen and oxygen atoms in total. The molecule has 0 aromatic carbocycles. The summed E-state index contributed by atoms with van der Waals surface area (Å²) in [7, 11) is 1.54. The highest BCUT2D eigenvalue weighted by Crippen LogP contribution is 2.08. The number of carbonyl (C=O) groups is 1. The molecule has 0 spiro atoms. The standard InChI is InChI=1S/C13H15N5O2/c1-20-12-7-9(5-6-15-12)8-16-13(19)10-3-2-4-11(17-10)18-14/h2-7H,8,14H2,1H3,(H,16,19)(H,17,18). The van der Waals surface area contributed by atoms with Crippen LogP contribution >= 0.6 is 0 Å². The normalized spacial score (nSPS) is 9.90. The van der Waals surface area contributed by atoms with Crippen LogP contribution in [0.4, 0.5) is 5.82 Å². The number of carbonyl (C=O) groups excluding carboxylic acids is 1. The fraction of sp³-hybridized carbons (Fsp3) is 0.154. The van der Waals surface area contributed by atoms with Crippen molar-refractivity contribution in [2.75, 3.05) is 12.5 Å². The Bertz CT molecular complexity index is 603. The summed E-state index contributed by atoms with van der Waals surface area (Å²) < 4.78 is 5.02. The molecule has 20 heavy (non-hydrogen) atoms. The van der Waals surface area contributed by atoms with Gasteiger partial charge in [0.05, 0.1) is 7.11 Å². The van der Waals surface area contributed by atoms with Crippen molar-refractivity contribution in [3.63, 3.8) is 0 Å². The van der Waals surface area contributed by atoms with Crippen molar-refractivity contribution < 1.29 is 9.53 Å². The van der Waals surface area contributed by atoms with Gasteiger partial charge in [-0.05, 0) is 23.8 Å². The predicted octanol–water partition coefficient (Wildman–Crippen LogP) is 0.701. The van der Waals surface area contributed by atoms with Gasteiger partial charge in [-0.15, -0.1) is 0 Å². The summed E-state index contributed by atoms with van der Waals surface area (Å²) in [5.74, 6) is 5.91. The zero-order valence-corrected chi connectivity index (χ0v) is 11.0. The molecule has 2 aromatic rings. The lowest BCUT2D eigenvalue weighted by Crippen LogP contribution is -2.24. The Hall–Kier alpha value is -2.67. The molecule has 0 bridgehead atoms. The number of methoxy groups -OCH3 is 1. The molecular weight excluding hydrogens is 258 g/mol. The number of aromatic nitrogens is 2. The molecule has 2 rings (SSSR count). The highest BCUT2D eigenvalue weighted by molar-refractivity contribution is 5.92.